The highest BCUT2D eigenvalue weighted by molar-refractivity contribution is 8.01. The molecule has 1 aliphatic heterocycles. The predicted molar refractivity (Wildman–Crippen MR) is 72.7 cm³/mol. The van der Waals surface area contributed by atoms with E-state index in [1.165, 1.54) is 0 Å². The van der Waals surface area contributed by atoms with E-state index in [1.54, 1.807) is 11.8 Å². The van der Waals surface area contributed by atoms with Crippen LogP contribution in [0.25, 0.3) is 0 Å². The highest BCUT2D eigenvalue weighted by Gasteiger charge is 2.27. The molecule has 0 aromatic rings. The summed E-state index contributed by atoms with van der Waals surface area (Å²) in [7, 11) is 0. The summed E-state index contributed by atoms with van der Waals surface area (Å²) in [6.45, 7) is 2.76. The maximum absolute atomic E-state index is 12.0. The highest BCUT2D eigenvalue weighted by atomic mass is 32.2. The number of amides is 2. The van der Waals surface area contributed by atoms with Gasteiger partial charge in [0.25, 0.3) is 0 Å². The Balaban J connectivity index is 2.44. The molecule has 1 rings (SSSR count). The standard InChI is InChI=1S/C12H20N2O4S/c1-2-9(12(17)18)19-7-10(15)14-5-3-4-8(6-14)11(13)16/h8-9H,2-7H2,1H3,(H2,13,16)(H,17,18). The summed E-state index contributed by atoms with van der Waals surface area (Å²) in [5.41, 5.74) is 5.25. The Labute approximate surface area is 116 Å². The van der Waals surface area contributed by atoms with E-state index in [9.17, 15) is 14.4 Å². The Kier molecular flexibility index (Phi) is 6.14. The van der Waals surface area contributed by atoms with Crippen LogP contribution in [0, 0.1) is 5.92 Å². The lowest BCUT2D eigenvalue weighted by atomic mass is 9.97. The second-order valence-corrected chi connectivity index (χ2v) is 5.82. The van der Waals surface area contributed by atoms with Gasteiger partial charge in [0.15, 0.2) is 0 Å². The van der Waals surface area contributed by atoms with Gasteiger partial charge in [0.05, 0.1) is 11.7 Å². The Bertz CT molecular complexity index is 362. The number of carboxylic acid groups (broad SMARTS) is 1. The molecule has 1 fully saturated rings. The Hall–Kier alpha value is -1.24. The molecule has 0 saturated carbocycles. The van der Waals surface area contributed by atoms with Gasteiger partial charge in [-0.05, 0) is 19.3 Å². The molecule has 6 nitrogen and oxygen atoms in total. The number of hydrogen-bond acceptors (Lipinski definition) is 4. The number of likely N-dealkylation sites (tertiary alicyclic amines) is 1. The van der Waals surface area contributed by atoms with Gasteiger partial charge in [0.2, 0.25) is 11.8 Å². The van der Waals surface area contributed by atoms with Crippen molar-refractivity contribution in [1.82, 2.24) is 4.90 Å². The summed E-state index contributed by atoms with van der Waals surface area (Å²) in [6.07, 6.45) is 1.97. The number of aliphatic carboxylic acids is 1. The van der Waals surface area contributed by atoms with Gasteiger partial charge >= 0.3 is 5.97 Å². The number of carbonyl (C=O) groups is 3. The molecule has 0 radical (unpaired) electrons. The second kappa shape index (κ2) is 7.37. The van der Waals surface area contributed by atoms with Crippen molar-refractivity contribution in [2.45, 2.75) is 31.4 Å². The first kappa shape index (κ1) is 15.8. The minimum absolute atomic E-state index is 0.115. The number of primary amides is 1. The minimum Gasteiger partial charge on any atom is -0.480 e. The zero-order chi connectivity index (χ0) is 14.4. The van der Waals surface area contributed by atoms with Gasteiger partial charge in [-0.15, -0.1) is 11.8 Å². The van der Waals surface area contributed by atoms with E-state index < -0.39 is 11.2 Å². The number of piperidine rings is 1. The highest BCUT2D eigenvalue weighted by Crippen LogP contribution is 2.19. The molecular formula is C12H20N2O4S. The Morgan fingerprint density at radius 3 is 2.68 bits per heavy atom. The normalized spacial score (nSPS) is 20.9. The third kappa shape index (κ3) is 4.74. The van der Waals surface area contributed by atoms with E-state index in [0.717, 1.165) is 24.6 Å². The van der Waals surface area contributed by atoms with Crippen LogP contribution in [0.1, 0.15) is 26.2 Å². The molecule has 1 saturated heterocycles. The molecule has 0 bridgehead atoms. The van der Waals surface area contributed by atoms with E-state index in [4.69, 9.17) is 10.8 Å². The third-order valence-electron chi connectivity index (χ3n) is 3.23. The number of carbonyl (C=O) groups excluding carboxylic acids is 2. The first-order valence-corrected chi connectivity index (χ1v) is 7.42. The summed E-state index contributed by atoms with van der Waals surface area (Å²) in [4.78, 5) is 35.6. The number of hydrogen-bond donors (Lipinski definition) is 2. The number of carboxylic acids is 1. The van der Waals surface area contributed by atoms with Crippen molar-refractivity contribution >= 4 is 29.5 Å². The van der Waals surface area contributed by atoms with Gasteiger partial charge in [-0.25, -0.2) is 0 Å². The van der Waals surface area contributed by atoms with Gasteiger partial charge in [-0.2, -0.15) is 0 Å². The molecule has 0 aromatic carbocycles. The summed E-state index contributed by atoms with van der Waals surface area (Å²) in [5, 5.41) is 8.35. The van der Waals surface area contributed by atoms with Crippen LogP contribution in [-0.4, -0.2) is 51.9 Å². The van der Waals surface area contributed by atoms with Gasteiger partial charge < -0.3 is 15.7 Å². The molecule has 0 aliphatic carbocycles. The number of nitrogens with zero attached hydrogens (tertiary/aromatic N) is 1. The molecule has 2 atom stereocenters. The summed E-state index contributed by atoms with van der Waals surface area (Å²) < 4.78 is 0. The van der Waals surface area contributed by atoms with Crippen LogP contribution in [0.15, 0.2) is 0 Å². The van der Waals surface area contributed by atoms with Crippen molar-refractivity contribution in [3.05, 3.63) is 0 Å². The van der Waals surface area contributed by atoms with Crippen LogP contribution in [0.5, 0.6) is 0 Å². The van der Waals surface area contributed by atoms with Crippen LogP contribution in [0.3, 0.4) is 0 Å². The third-order valence-corrected chi connectivity index (χ3v) is 4.58. The van der Waals surface area contributed by atoms with E-state index in [1.807, 2.05) is 0 Å². The minimum atomic E-state index is -0.894. The van der Waals surface area contributed by atoms with Crippen LogP contribution < -0.4 is 5.73 Å². The lowest BCUT2D eigenvalue weighted by molar-refractivity contribution is -0.136. The lowest BCUT2D eigenvalue weighted by Gasteiger charge is -2.31. The van der Waals surface area contributed by atoms with Crippen molar-refractivity contribution in [1.29, 1.82) is 0 Å². The number of thioether (sulfide) groups is 1. The first-order chi connectivity index (χ1) is 8.95. The van der Waals surface area contributed by atoms with Crippen molar-refractivity contribution < 1.29 is 19.5 Å². The van der Waals surface area contributed by atoms with Gasteiger partial charge in [0, 0.05) is 13.1 Å². The van der Waals surface area contributed by atoms with Crippen molar-refractivity contribution in [3.8, 4) is 0 Å². The van der Waals surface area contributed by atoms with E-state index >= 15 is 0 Å². The second-order valence-electron chi connectivity index (χ2n) is 4.63. The van der Waals surface area contributed by atoms with Crippen LogP contribution in [0.4, 0.5) is 0 Å². The van der Waals surface area contributed by atoms with Gasteiger partial charge in [-0.3, -0.25) is 14.4 Å². The summed E-state index contributed by atoms with van der Waals surface area (Å²) in [6, 6.07) is 0. The van der Waals surface area contributed by atoms with Crippen molar-refractivity contribution in [2.75, 3.05) is 18.8 Å². The molecule has 2 unspecified atom stereocenters. The SMILES string of the molecule is CCC(SCC(=O)N1CCCC(C(N)=O)C1)C(=O)O. The molecule has 2 amide bonds. The molecule has 3 N–H and O–H groups in total. The Morgan fingerprint density at radius 1 is 1.47 bits per heavy atom. The topological polar surface area (TPSA) is 101 Å². The van der Waals surface area contributed by atoms with Crippen molar-refractivity contribution in [2.24, 2.45) is 11.7 Å². The van der Waals surface area contributed by atoms with Crippen LogP contribution >= 0.6 is 11.8 Å². The van der Waals surface area contributed by atoms with E-state index in [0.29, 0.717) is 19.5 Å². The van der Waals surface area contributed by atoms with E-state index in [-0.39, 0.29) is 23.5 Å². The smallest absolute Gasteiger partial charge is 0.316 e. The monoisotopic (exact) mass is 288 g/mol. The average molecular weight is 288 g/mol. The Morgan fingerprint density at radius 2 is 2.16 bits per heavy atom. The van der Waals surface area contributed by atoms with Crippen LogP contribution in [-0.2, 0) is 14.4 Å². The largest absolute Gasteiger partial charge is 0.480 e. The quantitative estimate of drug-likeness (QED) is 0.732. The molecule has 0 spiro atoms. The molecular weight excluding hydrogens is 268 g/mol. The molecule has 1 heterocycles. The summed E-state index contributed by atoms with van der Waals surface area (Å²) >= 11 is 1.13. The summed E-state index contributed by atoms with van der Waals surface area (Å²) in [5.74, 6) is -1.52. The van der Waals surface area contributed by atoms with Gasteiger partial charge in [-0.1, -0.05) is 6.92 Å². The fraction of sp³-hybridized carbons (Fsp3) is 0.750. The fourth-order valence-corrected chi connectivity index (χ4v) is 2.97. The molecule has 108 valence electrons. The number of rotatable bonds is 6. The van der Waals surface area contributed by atoms with Gasteiger partial charge in [0.1, 0.15) is 5.25 Å². The molecule has 19 heavy (non-hydrogen) atoms. The molecule has 0 aromatic heterocycles. The zero-order valence-corrected chi connectivity index (χ0v) is 11.8. The zero-order valence-electron chi connectivity index (χ0n) is 11.0. The maximum atomic E-state index is 12.0. The number of nitrogens with two attached hydrogens (primary N) is 1. The fourth-order valence-electron chi connectivity index (χ4n) is 2.06. The maximum Gasteiger partial charge on any atom is 0.316 e. The lowest BCUT2D eigenvalue weighted by Crippen LogP contribution is -2.45. The predicted octanol–water partition coefficient (Wildman–Crippen LogP) is 0.307. The molecule has 7 heteroatoms. The van der Waals surface area contributed by atoms with Crippen molar-refractivity contribution in [3.63, 3.8) is 0 Å². The molecule has 1 aliphatic rings. The van der Waals surface area contributed by atoms with Crippen LogP contribution in [0.2, 0.25) is 0 Å². The first-order valence-electron chi connectivity index (χ1n) is 6.37. The van der Waals surface area contributed by atoms with E-state index in [2.05, 4.69) is 0 Å². The average Bonchev–Trinajstić information content (AvgIpc) is 2.38.